The third-order valence-corrected chi connectivity index (χ3v) is 13.5. The maximum absolute atomic E-state index is 12.2. The molecular weight excluding hydrogens is 882 g/mol. The molecule has 21 heteroatoms. The minimum atomic E-state index is -3.77. The lowest BCUT2D eigenvalue weighted by molar-refractivity contribution is -0.121. The van der Waals surface area contributed by atoms with Crippen LogP contribution >= 0.6 is 42.6 Å². The van der Waals surface area contributed by atoms with Crippen LogP contribution in [0.25, 0.3) is 0 Å². The molecule has 0 aromatic carbocycles. The van der Waals surface area contributed by atoms with Crippen LogP contribution in [0.5, 0.6) is 0 Å². The summed E-state index contributed by atoms with van der Waals surface area (Å²) >= 11 is 17.1. The zero-order chi connectivity index (χ0) is 37.0. The number of unbranched alkanes of at least 4 members (excludes halogenated alkanes) is 12. The van der Waals surface area contributed by atoms with Crippen molar-refractivity contribution in [3.8, 4) is 0 Å². The number of rotatable bonds is 29. The van der Waals surface area contributed by atoms with E-state index in [1.165, 1.54) is 64.2 Å². The number of nitrogens with one attached hydrogen (secondary N) is 3. The molecule has 2 aliphatic rings. The Morgan fingerprint density at radius 2 is 1.42 bits per heavy atom. The largest absolute Gasteiger partial charge is 0.389 e. The Labute approximate surface area is 327 Å². The van der Waals surface area contributed by atoms with E-state index in [4.69, 9.17) is 46.7 Å². The van der Waals surface area contributed by atoms with Crippen molar-refractivity contribution >= 4 is 83.9 Å². The van der Waals surface area contributed by atoms with E-state index in [0.29, 0.717) is 25.9 Å². The number of aliphatic hydroxyl groups excluding tert-OH is 1. The summed E-state index contributed by atoms with van der Waals surface area (Å²) in [6.45, 7) is -9.03. The summed E-state index contributed by atoms with van der Waals surface area (Å²) in [7, 11) is 0. The predicted molar refractivity (Wildman–Crippen MR) is 214 cm³/mol. The van der Waals surface area contributed by atoms with Gasteiger partial charge in [0, 0.05) is 38.1 Å². The number of alkyl halides is 1. The Morgan fingerprint density at radius 1 is 0.840 bits per heavy atom. The maximum atomic E-state index is 12.2. The molecule has 2 rings (SSSR count). The summed E-state index contributed by atoms with van der Waals surface area (Å²) in [5, 5.41) is 18.4. The minimum Gasteiger partial charge on any atom is -0.389 e. The second-order valence-electron chi connectivity index (χ2n) is 12.9. The number of aliphatic hydroxyl groups is 1. The molecule has 5 unspecified atom stereocenters. The van der Waals surface area contributed by atoms with Gasteiger partial charge in [0.05, 0.1) is 38.1 Å². The summed E-state index contributed by atoms with van der Waals surface area (Å²) in [4.78, 5) is 52.7. The lowest BCUT2D eigenvalue weighted by Gasteiger charge is -2.28. The zero-order valence-corrected chi connectivity index (χ0v) is 36.2. The summed E-state index contributed by atoms with van der Waals surface area (Å²) in [5.74, 6) is -0.145. The molecule has 0 aliphatic carbocycles. The van der Waals surface area contributed by atoms with Crippen LogP contribution in [0, 0.1) is 0 Å². The molecule has 0 bridgehead atoms. The van der Waals surface area contributed by atoms with Crippen LogP contribution in [0.2, 0.25) is 0 Å². The van der Waals surface area contributed by atoms with Gasteiger partial charge in [-0.15, -0.1) is 0 Å². The average Bonchev–Trinajstić information content (AvgIpc) is 3.62. The van der Waals surface area contributed by atoms with Gasteiger partial charge in [-0.2, -0.15) is 0 Å². The second-order valence-corrected chi connectivity index (χ2v) is 23.0. The highest BCUT2D eigenvalue weighted by molar-refractivity contribution is 14.1. The van der Waals surface area contributed by atoms with Gasteiger partial charge in [0.25, 0.3) is 13.3 Å². The van der Waals surface area contributed by atoms with Crippen molar-refractivity contribution in [1.29, 1.82) is 0 Å². The molecule has 0 aromatic rings. The van der Waals surface area contributed by atoms with Crippen molar-refractivity contribution in [3.05, 3.63) is 0 Å². The van der Waals surface area contributed by atoms with Gasteiger partial charge >= 0.3 is 6.72 Å². The van der Waals surface area contributed by atoms with E-state index in [9.17, 15) is 29.5 Å². The van der Waals surface area contributed by atoms with Gasteiger partial charge in [-0.1, -0.05) is 107 Å². The van der Waals surface area contributed by atoms with E-state index in [1.54, 1.807) is 0 Å². The highest BCUT2D eigenvalue weighted by Gasteiger charge is 2.39. The van der Waals surface area contributed by atoms with Crippen LogP contribution in [-0.4, -0.2) is 98.1 Å². The van der Waals surface area contributed by atoms with Crippen LogP contribution < -0.4 is 15.5 Å². The highest BCUT2D eigenvalue weighted by atomic mass is 127. The van der Waals surface area contributed by atoms with Gasteiger partial charge in [0.2, 0.25) is 5.91 Å². The van der Waals surface area contributed by atoms with Crippen LogP contribution in [0.4, 0.5) is 0 Å². The molecule has 2 saturated heterocycles. The third kappa shape index (κ3) is 22.9. The molecule has 0 saturated carbocycles. The molecule has 0 spiro atoms. The van der Waals surface area contributed by atoms with Crippen molar-refractivity contribution in [2.24, 2.45) is 0 Å². The standard InChI is InChI=1S/C29H59IN3O11P3S3/c1-2-3-4-5-6-7-8-9-10-11-12-13-14-15-29(35)31-19-23(34)20-42-47(39,50)43-22-27-25(18-28(30)44-27)33-46(38,49)41-21-26-24(16-17-40-26)32-45(36,37)48/h23-28,34H,2-22H2,1H3,(H,31,35)(H,39,50)(H2,33,38,49)(H3,32,36,37,48)/t23?,24-,25-,26?,27?,28-,46?,47?/m1/s1. The topological polar surface area (TPSA) is 200 Å². The molecule has 2 fully saturated rings. The van der Waals surface area contributed by atoms with Crippen molar-refractivity contribution in [2.45, 2.75) is 144 Å². The van der Waals surface area contributed by atoms with Crippen molar-refractivity contribution < 1.29 is 52.5 Å². The fourth-order valence-electron chi connectivity index (χ4n) is 5.65. The summed E-state index contributed by atoms with van der Waals surface area (Å²) < 4.78 is 27.5. The first kappa shape index (κ1) is 47.8. The first-order valence-electron chi connectivity index (χ1n) is 17.7. The zero-order valence-electron chi connectivity index (χ0n) is 28.9. The number of ether oxygens (including phenoxy) is 2. The van der Waals surface area contributed by atoms with Crippen molar-refractivity contribution in [3.63, 3.8) is 0 Å². The van der Waals surface area contributed by atoms with E-state index in [1.807, 2.05) is 0 Å². The summed E-state index contributed by atoms with van der Waals surface area (Å²) in [6.07, 6.45) is 15.0. The molecule has 296 valence electrons. The Morgan fingerprint density at radius 3 is 2.02 bits per heavy atom. The number of carbonyl (C=O) groups is 1. The fourth-order valence-corrected chi connectivity index (χ4v) is 10.5. The van der Waals surface area contributed by atoms with Gasteiger partial charge in [0.15, 0.2) is 0 Å². The third-order valence-electron chi connectivity index (χ3n) is 8.37. The fraction of sp³-hybridized carbons (Fsp3) is 0.966. The molecule has 0 aromatic heterocycles. The molecular formula is C29H59IN3O11P3S3. The van der Waals surface area contributed by atoms with Gasteiger partial charge in [0.1, 0.15) is 4.11 Å². The predicted octanol–water partition coefficient (Wildman–Crippen LogP) is 4.89. The monoisotopic (exact) mass is 941 g/mol. The molecule has 8 N–H and O–H groups in total. The SMILES string of the molecule is CCCCCCCCCCCCCCCC(=O)NCC(O)COP(O)(=S)OCC1O[C@@H](I)C[C@H]1NP(O)(=S)OCC1OCC[C@H]1NP(O)(O)=S. The van der Waals surface area contributed by atoms with Gasteiger partial charge in [-0.3, -0.25) is 4.79 Å². The molecule has 2 aliphatic heterocycles. The lowest BCUT2D eigenvalue weighted by Crippen LogP contribution is -2.39. The van der Waals surface area contributed by atoms with Gasteiger partial charge in [-0.05, 0) is 48.3 Å². The van der Waals surface area contributed by atoms with Crippen molar-refractivity contribution in [2.75, 3.05) is 33.0 Å². The van der Waals surface area contributed by atoms with E-state index in [2.05, 4.69) is 56.8 Å². The lowest BCUT2D eigenvalue weighted by atomic mass is 10.0. The highest BCUT2D eigenvalue weighted by Crippen LogP contribution is 2.46. The number of hydrogen-bond acceptors (Lipinski definition) is 10. The van der Waals surface area contributed by atoms with Gasteiger partial charge < -0.3 is 53.0 Å². The number of halogens is 1. The molecule has 14 nitrogen and oxygen atoms in total. The molecule has 0 radical (unpaired) electrons. The van der Waals surface area contributed by atoms with Crippen LogP contribution in [0.1, 0.15) is 110 Å². The minimum absolute atomic E-state index is 0.0413. The smallest absolute Gasteiger partial charge is 0.324 e. The van der Waals surface area contributed by atoms with E-state index in [0.717, 1.165) is 19.3 Å². The van der Waals surface area contributed by atoms with E-state index in [-0.39, 0.29) is 36.4 Å². The number of hydrogen-bond donors (Lipinski definition) is 8. The Bertz CT molecular complexity index is 1120. The summed E-state index contributed by atoms with van der Waals surface area (Å²) in [6, 6.07) is -0.962. The number of carbonyl (C=O) groups excluding carboxylic acids is 1. The molecule has 8 atom stereocenters. The second kappa shape index (κ2) is 25.8. The quantitative estimate of drug-likeness (QED) is 0.0218. The average molecular weight is 942 g/mol. The van der Waals surface area contributed by atoms with Crippen LogP contribution in [0.3, 0.4) is 0 Å². The van der Waals surface area contributed by atoms with E-state index >= 15 is 0 Å². The first-order valence-corrected chi connectivity index (χ1v) is 26.9. The first-order chi connectivity index (χ1) is 23.6. The Balaban J connectivity index is 1.59. The molecule has 50 heavy (non-hydrogen) atoms. The van der Waals surface area contributed by atoms with Crippen LogP contribution in [0.15, 0.2) is 0 Å². The van der Waals surface area contributed by atoms with Crippen molar-refractivity contribution in [1.82, 2.24) is 15.5 Å². The van der Waals surface area contributed by atoms with Crippen LogP contribution in [-0.2, 0) is 63.3 Å². The van der Waals surface area contributed by atoms with Gasteiger partial charge in [-0.25, -0.2) is 10.2 Å². The maximum Gasteiger partial charge on any atom is 0.324 e. The molecule has 2 heterocycles. The molecule has 1 amide bonds. The normalized spacial score (nSPS) is 25.7. The number of amides is 1. The Hall–Kier alpha value is 1.67. The van der Waals surface area contributed by atoms with E-state index < -0.39 is 50.4 Å². The Kier molecular flexibility index (Phi) is 24.6. The summed E-state index contributed by atoms with van der Waals surface area (Å²) in [5.41, 5.74) is 0.